The monoisotopic (exact) mass is 270 g/mol. The van der Waals surface area contributed by atoms with Gasteiger partial charge in [-0.05, 0) is 36.2 Å². The van der Waals surface area contributed by atoms with E-state index in [0.717, 1.165) is 17.7 Å². The molecule has 2 aromatic rings. The Morgan fingerprint density at radius 2 is 1.70 bits per heavy atom. The van der Waals surface area contributed by atoms with Crippen LogP contribution in [0.1, 0.15) is 35.4 Å². The van der Waals surface area contributed by atoms with Gasteiger partial charge in [-0.15, -0.1) is 0 Å². The van der Waals surface area contributed by atoms with Crippen molar-refractivity contribution in [3.63, 3.8) is 0 Å². The highest BCUT2D eigenvalue weighted by atomic mass is 16.5. The largest absolute Gasteiger partial charge is 0.486 e. The number of hydrogen-bond donors (Lipinski definition) is 0. The quantitative estimate of drug-likeness (QED) is 0.770. The molecule has 0 amide bonds. The zero-order valence-corrected chi connectivity index (χ0v) is 11.7. The van der Waals surface area contributed by atoms with E-state index in [-0.39, 0.29) is 12.1 Å². The molecule has 1 unspecified atom stereocenters. The summed E-state index contributed by atoms with van der Waals surface area (Å²) < 4.78 is 10.6. The third-order valence-electron chi connectivity index (χ3n) is 3.10. The van der Waals surface area contributed by atoms with Crippen LogP contribution < -0.4 is 4.74 Å². The van der Waals surface area contributed by atoms with Crippen molar-refractivity contribution in [2.45, 2.75) is 19.4 Å². The van der Waals surface area contributed by atoms with Gasteiger partial charge in [0.1, 0.15) is 11.9 Å². The van der Waals surface area contributed by atoms with Crippen molar-refractivity contribution < 1.29 is 14.3 Å². The zero-order valence-electron chi connectivity index (χ0n) is 11.7. The average molecular weight is 270 g/mol. The summed E-state index contributed by atoms with van der Waals surface area (Å²) in [5.74, 6) is 0.518. The number of para-hydroxylation sites is 1. The summed E-state index contributed by atoms with van der Waals surface area (Å²) >= 11 is 0. The Morgan fingerprint density at radius 1 is 1.05 bits per heavy atom. The first-order valence-corrected chi connectivity index (χ1v) is 6.64. The predicted molar refractivity (Wildman–Crippen MR) is 77.9 cm³/mol. The van der Waals surface area contributed by atoms with E-state index < -0.39 is 0 Å². The first kappa shape index (κ1) is 14.1. The van der Waals surface area contributed by atoms with Gasteiger partial charge in [-0.3, -0.25) is 0 Å². The lowest BCUT2D eigenvalue weighted by molar-refractivity contribution is 0.0600. The molecule has 2 aromatic carbocycles. The Bertz CT molecular complexity index is 546. The Morgan fingerprint density at radius 3 is 2.25 bits per heavy atom. The van der Waals surface area contributed by atoms with Crippen LogP contribution in [-0.2, 0) is 4.74 Å². The van der Waals surface area contributed by atoms with Gasteiger partial charge in [-0.25, -0.2) is 4.79 Å². The highest BCUT2D eigenvalue weighted by Gasteiger charge is 2.12. The molecule has 20 heavy (non-hydrogen) atoms. The van der Waals surface area contributed by atoms with E-state index in [0.29, 0.717) is 5.56 Å². The fraction of sp³-hybridized carbons (Fsp3) is 0.235. The van der Waals surface area contributed by atoms with Gasteiger partial charge in [-0.2, -0.15) is 0 Å². The molecule has 0 aliphatic heterocycles. The molecule has 0 bridgehead atoms. The molecule has 0 heterocycles. The van der Waals surface area contributed by atoms with Gasteiger partial charge in [0.25, 0.3) is 0 Å². The van der Waals surface area contributed by atoms with Crippen LogP contribution >= 0.6 is 0 Å². The van der Waals surface area contributed by atoms with E-state index in [4.69, 9.17) is 4.74 Å². The van der Waals surface area contributed by atoms with E-state index in [9.17, 15) is 4.79 Å². The van der Waals surface area contributed by atoms with Crippen molar-refractivity contribution in [3.05, 3.63) is 65.7 Å². The average Bonchev–Trinajstić information content (AvgIpc) is 2.53. The van der Waals surface area contributed by atoms with Crippen LogP contribution in [0.5, 0.6) is 5.75 Å². The molecule has 0 spiro atoms. The minimum atomic E-state index is -0.325. The summed E-state index contributed by atoms with van der Waals surface area (Å²) in [6, 6.07) is 17.1. The van der Waals surface area contributed by atoms with Crippen LogP contribution in [0.2, 0.25) is 0 Å². The smallest absolute Gasteiger partial charge is 0.337 e. The van der Waals surface area contributed by atoms with Crippen LogP contribution in [0, 0.1) is 0 Å². The highest BCUT2D eigenvalue weighted by Crippen LogP contribution is 2.24. The van der Waals surface area contributed by atoms with Crippen molar-refractivity contribution >= 4 is 5.97 Å². The van der Waals surface area contributed by atoms with Crippen molar-refractivity contribution in [1.29, 1.82) is 0 Å². The standard InChI is InChI=1S/C17H18O3/c1-3-16(20-15-7-5-4-6-8-15)13-9-11-14(12-10-13)17(18)19-2/h4-12,16H,3H2,1-2H3. The summed E-state index contributed by atoms with van der Waals surface area (Å²) in [5, 5.41) is 0. The van der Waals surface area contributed by atoms with Crippen molar-refractivity contribution in [1.82, 2.24) is 0 Å². The SMILES string of the molecule is CCC(Oc1ccccc1)c1ccc(C(=O)OC)cc1. The van der Waals surface area contributed by atoms with E-state index in [2.05, 4.69) is 11.7 Å². The molecule has 0 saturated heterocycles. The third kappa shape index (κ3) is 3.38. The van der Waals surface area contributed by atoms with Crippen LogP contribution in [0.4, 0.5) is 0 Å². The maximum Gasteiger partial charge on any atom is 0.337 e. The van der Waals surface area contributed by atoms with Gasteiger partial charge in [-0.1, -0.05) is 37.3 Å². The lowest BCUT2D eigenvalue weighted by Crippen LogP contribution is -2.07. The minimum absolute atomic E-state index is 0.0240. The van der Waals surface area contributed by atoms with Gasteiger partial charge in [0.2, 0.25) is 0 Å². The van der Waals surface area contributed by atoms with Crippen molar-refractivity contribution in [3.8, 4) is 5.75 Å². The fourth-order valence-corrected chi connectivity index (χ4v) is 2.00. The van der Waals surface area contributed by atoms with E-state index >= 15 is 0 Å². The third-order valence-corrected chi connectivity index (χ3v) is 3.10. The molecule has 0 N–H and O–H groups in total. The Labute approximate surface area is 119 Å². The molecule has 0 radical (unpaired) electrons. The van der Waals surface area contributed by atoms with E-state index in [1.165, 1.54) is 7.11 Å². The number of hydrogen-bond acceptors (Lipinski definition) is 3. The molecule has 0 fully saturated rings. The summed E-state index contributed by atoms with van der Waals surface area (Å²) in [5.41, 5.74) is 1.59. The summed E-state index contributed by atoms with van der Waals surface area (Å²) in [7, 11) is 1.38. The first-order valence-electron chi connectivity index (χ1n) is 6.64. The second-order valence-electron chi connectivity index (χ2n) is 4.44. The predicted octanol–water partition coefficient (Wildman–Crippen LogP) is 4.00. The van der Waals surface area contributed by atoms with E-state index in [1.54, 1.807) is 12.1 Å². The second kappa shape index (κ2) is 6.75. The molecule has 2 rings (SSSR count). The molecular weight excluding hydrogens is 252 g/mol. The number of carbonyl (C=O) groups excluding carboxylic acids is 1. The summed E-state index contributed by atoms with van der Waals surface area (Å²) in [4.78, 5) is 11.4. The first-order chi connectivity index (χ1) is 9.74. The highest BCUT2D eigenvalue weighted by molar-refractivity contribution is 5.89. The number of benzene rings is 2. The van der Waals surface area contributed by atoms with Gasteiger partial charge in [0.05, 0.1) is 12.7 Å². The van der Waals surface area contributed by atoms with Gasteiger partial charge >= 0.3 is 5.97 Å². The molecule has 0 aliphatic rings. The van der Waals surface area contributed by atoms with E-state index in [1.807, 2.05) is 42.5 Å². The Kier molecular flexibility index (Phi) is 4.77. The number of ether oxygens (including phenoxy) is 2. The topological polar surface area (TPSA) is 35.5 Å². The maximum absolute atomic E-state index is 11.4. The van der Waals surface area contributed by atoms with Crippen molar-refractivity contribution in [2.24, 2.45) is 0 Å². The number of esters is 1. The number of carbonyl (C=O) groups is 1. The molecular formula is C17H18O3. The molecule has 3 nitrogen and oxygen atoms in total. The van der Waals surface area contributed by atoms with Crippen LogP contribution in [0.25, 0.3) is 0 Å². The van der Waals surface area contributed by atoms with Gasteiger partial charge in [0, 0.05) is 0 Å². The zero-order chi connectivity index (χ0) is 14.4. The van der Waals surface area contributed by atoms with Gasteiger partial charge in [0.15, 0.2) is 0 Å². The number of methoxy groups -OCH3 is 1. The second-order valence-corrected chi connectivity index (χ2v) is 4.44. The molecule has 0 aromatic heterocycles. The molecule has 0 saturated carbocycles. The lowest BCUT2D eigenvalue weighted by Gasteiger charge is -2.18. The maximum atomic E-state index is 11.4. The van der Waals surface area contributed by atoms with Gasteiger partial charge < -0.3 is 9.47 Å². The van der Waals surface area contributed by atoms with Crippen LogP contribution in [0.15, 0.2) is 54.6 Å². The molecule has 0 aliphatic carbocycles. The molecule has 3 heteroatoms. The molecule has 104 valence electrons. The van der Waals surface area contributed by atoms with Crippen LogP contribution in [0.3, 0.4) is 0 Å². The van der Waals surface area contributed by atoms with Crippen LogP contribution in [-0.4, -0.2) is 13.1 Å². The molecule has 1 atom stereocenters. The Balaban J connectivity index is 2.13. The van der Waals surface area contributed by atoms with Crippen molar-refractivity contribution in [2.75, 3.05) is 7.11 Å². The normalized spacial score (nSPS) is 11.7. The minimum Gasteiger partial charge on any atom is -0.486 e. The lowest BCUT2D eigenvalue weighted by atomic mass is 10.0. The summed E-state index contributed by atoms with van der Waals surface area (Å²) in [6.07, 6.45) is 0.830. The summed E-state index contributed by atoms with van der Waals surface area (Å²) in [6.45, 7) is 2.07. The fourth-order valence-electron chi connectivity index (χ4n) is 2.00. The Hall–Kier alpha value is -2.29. The number of rotatable bonds is 5.